The zero-order chi connectivity index (χ0) is 54.2. The molecule has 2 rings (SSSR count). The van der Waals surface area contributed by atoms with Gasteiger partial charge < -0.3 is 58.5 Å². The van der Waals surface area contributed by atoms with Crippen molar-refractivity contribution in [2.24, 2.45) is 29.4 Å². The van der Waals surface area contributed by atoms with Crippen LogP contribution in [0.1, 0.15) is 85.8 Å². The summed E-state index contributed by atoms with van der Waals surface area (Å²) in [6.07, 6.45) is 0.636. The van der Waals surface area contributed by atoms with Gasteiger partial charge in [-0.05, 0) is 60.5 Å². The highest BCUT2D eigenvalue weighted by atomic mass is 32.1. The maximum absolute atomic E-state index is 14.0. The Morgan fingerprint density at radius 3 is 1.19 bits per heavy atom. The minimum atomic E-state index is -1.65. The van der Waals surface area contributed by atoms with Gasteiger partial charge in [-0.3, -0.25) is 38.4 Å². The molecule has 22 heteroatoms. The summed E-state index contributed by atoms with van der Waals surface area (Å²) in [5.74, 6) is -8.81. The number of aliphatic hydroxyl groups is 1. The summed E-state index contributed by atoms with van der Waals surface area (Å²) in [4.78, 5) is 121. The minimum Gasteiger partial charge on any atom is -0.480 e. The molecule has 0 spiro atoms. The number of aliphatic carboxylic acids is 1. The van der Waals surface area contributed by atoms with Gasteiger partial charge in [0.25, 0.3) is 0 Å². The molecule has 0 bridgehead atoms. The molecule has 0 heterocycles. The van der Waals surface area contributed by atoms with Gasteiger partial charge in [-0.25, -0.2) is 4.79 Å². The Kier molecular flexibility index (Phi) is 27.5. The molecular formula is C50H77N9O11S2. The average molecular weight is 1040 g/mol. The van der Waals surface area contributed by atoms with Gasteiger partial charge in [0.2, 0.25) is 47.3 Å². The van der Waals surface area contributed by atoms with E-state index in [1.54, 1.807) is 58.0 Å². The second-order valence-corrected chi connectivity index (χ2v) is 20.1. The third-order valence-electron chi connectivity index (χ3n) is 11.2. The molecule has 8 amide bonds. The third-order valence-corrected chi connectivity index (χ3v) is 12.0. The Morgan fingerprint density at radius 1 is 0.444 bits per heavy atom. The van der Waals surface area contributed by atoms with Crippen LogP contribution in [0.4, 0.5) is 0 Å². The van der Waals surface area contributed by atoms with Crippen molar-refractivity contribution in [2.45, 2.75) is 142 Å². The lowest BCUT2D eigenvalue weighted by atomic mass is 9.99. The smallest absolute Gasteiger partial charge is 0.326 e. The number of benzene rings is 2. The predicted octanol–water partition coefficient (Wildman–Crippen LogP) is 0.408. The lowest BCUT2D eigenvalue weighted by Gasteiger charge is -2.28. The van der Waals surface area contributed by atoms with Crippen molar-refractivity contribution < 1.29 is 53.4 Å². The highest BCUT2D eigenvalue weighted by Crippen LogP contribution is 2.13. The van der Waals surface area contributed by atoms with Gasteiger partial charge in [0.1, 0.15) is 48.3 Å². The molecule has 0 radical (unpaired) electrons. The molecule has 20 nitrogen and oxygen atoms in total. The Morgan fingerprint density at radius 2 is 0.778 bits per heavy atom. The second-order valence-electron chi connectivity index (χ2n) is 19.4. The number of hydrogen-bond donors (Lipinski definition) is 13. The number of carbonyl (C=O) groups excluding carboxylic acids is 8. The number of carboxylic acid groups (broad SMARTS) is 1. The maximum atomic E-state index is 14.0. The first-order valence-corrected chi connectivity index (χ1v) is 25.5. The molecule has 0 fully saturated rings. The molecule has 0 aliphatic rings. The summed E-state index contributed by atoms with van der Waals surface area (Å²) in [7, 11) is 0. The van der Waals surface area contributed by atoms with E-state index in [0.717, 1.165) is 5.56 Å². The average Bonchev–Trinajstić information content (AvgIpc) is 3.31. The summed E-state index contributed by atoms with van der Waals surface area (Å²) >= 11 is 8.48. The molecule has 0 unspecified atom stereocenters. The Hall–Kier alpha value is -5.71. The quantitative estimate of drug-likeness (QED) is 0.0457. The lowest BCUT2D eigenvalue weighted by Crippen LogP contribution is -2.62. The molecule has 400 valence electrons. The SMILES string of the molecule is CC(C)C[C@H](NC(=O)[C@H](CS)NC(=O)[C@@H](NC(=O)[C@H](CO)NC(=O)[C@H](Cc1ccccc1)NC(=O)[C@H](CS)NC(=O)[C@H](CC(C)C)NC(=O)[C@H](CC(C)C)NC(=O)[C@@H](N)Cc1ccccc1)C(C)C)C(=O)O. The normalized spacial score (nSPS) is 15.1. The van der Waals surface area contributed by atoms with Crippen molar-refractivity contribution in [1.82, 2.24) is 42.5 Å². The molecule has 2 aromatic carbocycles. The van der Waals surface area contributed by atoms with E-state index in [1.807, 2.05) is 58.0 Å². The van der Waals surface area contributed by atoms with Crippen LogP contribution >= 0.6 is 25.3 Å². The number of amides is 8. The van der Waals surface area contributed by atoms with Gasteiger partial charge in [0, 0.05) is 17.9 Å². The van der Waals surface area contributed by atoms with Crippen molar-refractivity contribution in [3.05, 3.63) is 71.8 Å². The molecule has 0 aromatic heterocycles. The fraction of sp³-hybridized carbons (Fsp3) is 0.580. The van der Waals surface area contributed by atoms with Gasteiger partial charge in [-0.2, -0.15) is 25.3 Å². The van der Waals surface area contributed by atoms with Gasteiger partial charge in [-0.15, -0.1) is 0 Å². The van der Waals surface area contributed by atoms with E-state index in [2.05, 4.69) is 67.8 Å². The summed E-state index contributed by atoms with van der Waals surface area (Å²) in [6.45, 7) is 13.3. The van der Waals surface area contributed by atoms with Crippen LogP contribution in [0.3, 0.4) is 0 Å². The molecule has 0 aliphatic heterocycles. The zero-order valence-corrected chi connectivity index (χ0v) is 44.3. The van der Waals surface area contributed by atoms with Crippen molar-refractivity contribution in [1.29, 1.82) is 0 Å². The molecule has 0 saturated heterocycles. The first-order chi connectivity index (χ1) is 33.9. The Bertz CT molecular complexity index is 2100. The third kappa shape index (κ3) is 22.0. The number of nitrogens with one attached hydrogen (secondary N) is 8. The van der Waals surface area contributed by atoms with Gasteiger partial charge in [-0.1, -0.05) is 116 Å². The van der Waals surface area contributed by atoms with Crippen LogP contribution in [0, 0.1) is 23.7 Å². The van der Waals surface area contributed by atoms with Gasteiger partial charge in [0.15, 0.2) is 0 Å². The van der Waals surface area contributed by atoms with Crippen molar-refractivity contribution in [3.8, 4) is 0 Å². The lowest BCUT2D eigenvalue weighted by molar-refractivity contribution is -0.142. The number of hydrogen-bond acceptors (Lipinski definition) is 13. The van der Waals surface area contributed by atoms with E-state index < -0.39 is 120 Å². The minimum absolute atomic E-state index is 0.0398. The van der Waals surface area contributed by atoms with Crippen molar-refractivity contribution in [2.75, 3.05) is 18.1 Å². The monoisotopic (exact) mass is 1040 g/mol. The molecule has 0 aliphatic carbocycles. The molecule has 2 aromatic rings. The van der Waals surface area contributed by atoms with Crippen LogP contribution in [-0.4, -0.2) is 136 Å². The highest BCUT2D eigenvalue weighted by molar-refractivity contribution is 7.80. The summed E-state index contributed by atoms with van der Waals surface area (Å²) in [5, 5.41) is 40.5. The number of thiol groups is 2. The fourth-order valence-electron chi connectivity index (χ4n) is 7.39. The van der Waals surface area contributed by atoms with Crippen LogP contribution in [0.5, 0.6) is 0 Å². The fourth-order valence-corrected chi connectivity index (χ4v) is 7.91. The predicted molar refractivity (Wildman–Crippen MR) is 279 cm³/mol. The van der Waals surface area contributed by atoms with E-state index in [1.165, 1.54) is 0 Å². The van der Waals surface area contributed by atoms with E-state index in [-0.39, 0.29) is 61.4 Å². The second kappa shape index (κ2) is 31.7. The molecular weight excluding hydrogens is 967 g/mol. The molecule has 9 atom stereocenters. The van der Waals surface area contributed by atoms with Crippen molar-refractivity contribution >= 4 is 78.5 Å². The van der Waals surface area contributed by atoms with E-state index in [9.17, 15) is 53.4 Å². The summed E-state index contributed by atoms with van der Waals surface area (Å²) in [5.41, 5.74) is 7.66. The summed E-state index contributed by atoms with van der Waals surface area (Å²) < 4.78 is 0. The van der Waals surface area contributed by atoms with Crippen LogP contribution in [-0.2, 0) is 56.0 Å². The molecule has 72 heavy (non-hydrogen) atoms. The summed E-state index contributed by atoms with van der Waals surface area (Å²) in [6, 6.07) is 6.35. The topological polar surface area (TPSA) is 316 Å². The Balaban J connectivity index is 2.28. The largest absolute Gasteiger partial charge is 0.480 e. The highest BCUT2D eigenvalue weighted by Gasteiger charge is 2.36. The number of carboxylic acids is 1. The number of rotatable bonds is 31. The number of nitrogens with two attached hydrogens (primary N) is 1. The van der Waals surface area contributed by atoms with E-state index in [0.29, 0.717) is 5.56 Å². The van der Waals surface area contributed by atoms with E-state index >= 15 is 0 Å². The van der Waals surface area contributed by atoms with Crippen LogP contribution in [0.2, 0.25) is 0 Å². The number of aliphatic hydroxyl groups excluding tert-OH is 1. The Labute approximate surface area is 433 Å². The zero-order valence-electron chi connectivity index (χ0n) is 42.5. The van der Waals surface area contributed by atoms with Gasteiger partial charge in [0.05, 0.1) is 12.6 Å². The standard InChI is InChI=1S/C50H77N9O11S2/c1-27(2)19-34(52-42(61)33(51)22-31-15-11-9-12-16-31)43(62)53-35(20-28(3)4)44(63)57-39(25-71)47(66)54-36(23-32-17-13-10-14-18-32)45(64)56-38(24-60)46(65)59-41(30(7)8)49(68)58-40(26-72)48(67)55-37(50(69)70)21-29(5)6/h9-18,27-30,33-41,60,71-72H,19-26,51H2,1-8H3,(H,52,61)(H,53,62)(H,54,66)(H,55,67)(H,56,64)(H,57,63)(H,58,68)(H,59,65)(H,69,70)/t33-,34-,35-,36-,37-,38-,39-,40-,41-/m0/s1. The maximum Gasteiger partial charge on any atom is 0.326 e. The van der Waals surface area contributed by atoms with Crippen LogP contribution in [0.25, 0.3) is 0 Å². The van der Waals surface area contributed by atoms with E-state index in [4.69, 9.17) is 5.73 Å². The molecule has 12 N–H and O–H groups in total. The molecule has 0 saturated carbocycles. The van der Waals surface area contributed by atoms with Crippen LogP contribution in [0.15, 0.2) is 60.7 Å². The first-order valence-electron chi connectivity index (χ1n) is 24.2. The number of carbonyl (C=O) groups is 9. The van der Waals surface area contributed by atoms with Crippen molar-refractivity contribution in [3.63, 3.8) is 0 Å². The van der Waals surface area contributed by atoms with Crippen LogP contribution < -0.4 is 48.3 Å². The first kappa shape index (κ1) is 62.4. The van der Waals surface area contributed by atoms with Gasteiger partial charge >= 0.3 is 5.97 Å².